The molecule has 4 rings (SSSR count). The highest BCUT2D eigenvalue weighted by Gasteiger charge is 2.54. The highest BCUT2D eigenvalue weighted by Crippen LogP contribution is 2.38. The van der Waals surface area contributed by atoms with E-state index < -0.39 is 18.3 Å². The summed E-state index contributed by atoms with van der Waals surface area (Å²) in [4.78, 5) is 0. The van der Waals surface area contributed by atoms with Gasteiger partial charge in [0.25, 0.3) is 0 Å². The van der Waals surface area contributed by atoms with Crippen LogP contribution < -0.4 is 10.3 Å². The molecular formula is C24H29BN2O3. The van der Waals surface area contributed by atoms with Gasteiger partial charge in [0.15, 0.2) is 5.75 Å². The Labute approximate surface area is 179 Å². The largest absolute Gasteiger partial charge is 0.518 e. The van der Waals surface area contributed by atoms with Crippen LogP contribution in [0.15, 0.2) is 54.7 Å². The summed E-state index contributed by atoms with van der Waals surface area (Å²) in [6.45, 7) is 12.9. The summed E-state index contributed by atoms with van der Waals surface area (Å²) < 4.78 is 21.0. The predicted octanol–water partition coefficient (Wildman–Crippen LogP) is 4.64. The SMILES string of the molecule is Cc1cccc(C)c1Oc1cnn(Cc2ccccc2)c1B1OC(C)(C)C(C)(C)O1. The van der Waals surface area contributed by atoms with Crippen molar-refractivity contribution in [2.24, 2.45) is 0 Å². The maximum atomic E-state index is 6.39. The fourth-order valence-corrected chi connectivity index (χ4v) is 3.60. The summed E-state index contributed by atoms with van der Waals surface area (Å²) in [5.41, 5.74) is 3.19. The second-order valence-electron chi connectivity index (χ2n) is 8.95. The van der Waals surface area contributed by atoms with Crippen LogP contribution >= 0.6 is 0 Å². The van der Waals surface area contributed by atoms with Crippen LogP contribution in [0.2, 0.25) is 0 Å². The summed E-state index contributed by atoms with van der Waals surface area (Å²) in [7, 11) is -0.569. The van der Waals surface area contributed by atoms with Crippen molar-refractivity contribution in [3.8, 4) is 11.5 Å². The number of hydrogen-bond donors (Lipinski definition) is 0. The van der Waals surface area contributed by atoms with E-state index in [4.69, 9.17) is 14.0 Å². The third kappa shape index (κ3) is 3.77. The van der Waals surface area contributed by atoms with E-state index >= 15 is 0 Å². The van der Waals surface area contributed by atoms with Gasteiger partial charge >= 0.3 is 7.12 Å². The van der Waals surface area contributed by atoms with Gasteiger partial charge in [0.1, 0.15) is 11.3 Å². The van der Waals surface area contributed by atoms with Gasteiger partial charge in [-0.3, -0.25) is 4.68 Å². The lowest BCUT2D eigenvalue weighted by Gasteiger charge is -2.32. The average Bonchev–Trinajstić information content (AvgIpc) is 3.16. The Kier molecular flexibility index (Phi) is 5.24. The van der Waals surface area contributed by atoms with Crippen LogP contribution in [-0.4, -0.2) is 28.1 Å². The minimum absolute atomic E-state index is 0.449. The smallest absolute Gasteiger partial charge is 0.454 e. The van der Waals surface area contributed by atoms with Crippen molar-refractivity contribution in [3.63, 3.8) is 0 Å². The summed E-state index contributed by atoms with van der Waals surface area (Å²) in [5, 5.41) is 4.64. The third-order valence-corrected chi connectivity index (χ3v) is 6.12. The zero-order valence-corrected chi connectivity index (χ0v) is 18.6. The predicted molar refractivity (Wildman–Crippen MR) is 119 cm³/mol. The molecule has 0 saturated carbocycles. The number of benzene rings is 2. The first-order valence-electron chi connectivity index (χ1n) is 10.4. The Morgan fingerprint density at radius 3 is 2.10 bits per heavy atom. The Hall–Kier alpha value is -2.57. The quantitative estimate of drug-likeness (QED) is 0.582. The molecule has 0 bridgehead atoms. The highest BCUT2D eigenvalue weighted by molar-refractivity contribution is 6.62. The minimum atomic E-state index is -0.569. The van der Waals surface area contributed by atoms with Gasteiger partial charge in [-0.05, 0) is 58.2 Å². The topological polar surface area (TPSA) is 45.5 Å². The molecule has 0 unspecified atom stereocenters. The maximum absolute atomic E-state index is 6.39. The molecule has 1 aliphatic rings. The lowest BCUT2D eigenvalue weighted by atomic mass is 9.83. The summed E-state index contributed by atoms with van der Waals surface area (Å²) in [6.07, 6.45) is 1.76. The van der Waals surface area contributed by atoms with E-state index in [0.29, 0.717) is 12.3 Å². The molecule has 2 aromatic carbocycles. The molecule has 0 aliphatic carbocycles. The van der Waals surface area contributed by atoms with Gasteiger partial charge in [-0.2, -0.15) is 5.10 Å². The van der Waals surface area contributed by atoms with E-state index in [0.717, 1.165) is 28.0 Å². The molecule has 6 heteroatoms. The molecule has 0 N–H and O–H groups in total. The highest BCUT2D eigenvalue weighted by atomic mass is 16.7. The first-order chi connectivity index (χ1) is 14.2. The number of nitrogens with zero attached hydrogens (tertiary/aromatic N) is 2. The number of rotatable bonds is 5. The van der Waals surface area contributed by atoms with Crippen molar-refractivity contribution in [1.82, 2.24) is 9.78 Å². The molecule has 0 spiro atoms. The summed E-state index contributed by atoms with van der Waals surface area (Å²) in [6, 6.07) is 16.4. The lowest BCUT2D eigenvalue weighted by Crippen LogP contribution is -2.41. The molecule has 1 saturated heterocycles. The molecule has 0 amide bonds. The van der Waals surface area contributed by atoms with Crippen LogP contribution in [0, 0.1) is 13.8 Å². The lowest BCUT2D eigenvalue weighted by molar-refractivity contribution is 0.00578. The van der Waals surface area contributed by atoms with Crippen LogP contribution in [0.1, 0.15) is 44.4 Å². The van der Waals surface area contributed by atoms with E-state index in [2.05, 4.69) is 44.9 Å². The normalized spacial score (nSPS) is 17.3. The second-order valence-corrected chi connectivity index (χ2v) is 8.95. The Balaban J connectivity index is 1.75. The number of hydrogen-bond acceptors (Lipinski definition) is 4. The number of para-hydroxylation sites is 1. The molecule has 30 heavy (non-hydrogen) atoms. The van der Waals surface area contributed by atoms with Crippen LogP contribution in [0.25, 0.3) is 0 Å². The van der Waals surface area contributed by atoms with E-state index in [1.807, 2.05) is 54.9 Å². The van der Waals surface area contributed by atoms with Crippen molar-refractivity contribution >= 4 is 12.7 Å². The molecule has 156 valence electrons. The zero-order chi connectivity index (χ0) is 21.5. The number of aryl methyl sites for hydroxylation is 2. The summed E-state index contributed by atoms with van der Waals surface area (Å²) >= 11 is 0. The van der Waals surface area contributed by atoms with Gasteiger partial charge < -0.3 is 14.0 Å². The molecular weight excluding hydrogens is 375 g/mol. The van der Waals surface area contributed by atoms with Crippen LogP contribution in [0.5, 0.6) is 11.5 Å². The Morgan fingerprint density at radius 1 is 0.900 bits per heavy atom. The third-order valence-electron chi connectivity index (χ3n) is 6.12. The number of aromatic nitrogens is 2. The van der Waals surface area contributed by atoms with E-state index in [9.17, 15) is 0 Å². The molecule has 0 radical (unpaired) electrons. The van der Waals surface area contributed by atoms with E-state index in [1.165, 1.54) is 0 Å². The molecule has 1 aliphatic heterocycles. The van der Waals surface area contributed by atoms with Crippen molar-refractivity contribution in [2.75, 3.05) is 0 Å². The van der Waals surface area contributed by atoms with Crippen molar-refractivity contribution in [3.05, 3.63) is 71.4 Å². The zero-order valence-electron chi connectivity index (χ0n) is 18.6. The molecule has 0 atom stereocenters. The molecule has 3 aromatic rings. The van der Waals surface area contributed by atoms with Crippen molar-refractivity contribution < 1.29 is 14.0 Å². The van der Waals surface area contributed by atoms with Gasteiger partial charge in [0.2, 0.25) is 0 Å². The minimum Gasteiger partial charge on any atom is -0.454 e. The molecule has 5 nitrogen and oxygen atoms in total. The fraction of sp³-hybridized carbons (Fsp3) is 0.375. The van der Waals surface area contributed by atoms with E-state index in [-0.39, 0.29) is 0 Å². The number of ether oxygens (including phenoxy) is 1. The Bertz CT molecular complexity index is 1010. The van der Waals surface area contributed by atoms with Crippen LogP contribution in [-0.2, 0) is 15.9 Å². The maximum Gasteiger partial charge on any atom is 0.518 e. The first kappa shape index (κ1) is 20.7. The van der Waals surface area contributed by atoms with E-state index in [1.54, 1.807) is 6.20 Å². The van der Waals surface area contributed by atoms with Gasteiger partial charge in [-0.1, -0.05) is 48.5 Å². The summed E-state index contributed by atoms with van der Waals surface area (Å²) in [5.74, 6) is 1.50. The van der Waals surface area contributed by atoms with Gasteiger partial charge in [0, 0.05) is 0 Å². The molecule has 1 fully saturated rings. The molecule has 1 aromatic heterocycles. The fourth-order valence-electron chi connectivity index (χ4n) is 3.60. The Morgan fingerprint density at radius 2 is 1.50 bits per heavy atom. The standard InChI is InChI=1S/C24H29BN2O3/c1-17-11-10-12-18(2)21(17)28-20-15-26-27(16-19-13-8-7-9-14-19)22(20)25-29-23(3,4)24(5,6)30-25/h7-15H,16H2,1-6H3. The first-order valence-corrected chi connectivity index (χ1v) is 10.4. The van der Waals surface area contributed by atoms with Gasteiger partial charge in [-0.25, -0.2) is 0 Å². The van der Waals surface area contributed by atoms with Crippen molar-refractivity contribution in [1.29, 1.82) is 0 Å². The van der Waals surface area contributed by atoms with Crippen LogP contribution in [0.3, 0.4) is 0 Å². The molecule has 2 heterocycles. The van der Waals surface area contributed by atoms with Gasteiger partial charge in [-0.15, -0.1) is 0 Å². The van der Waals surface area contributed by atoms with Gasteiger partial charge in [0.05, 0.1) is 23.9 Å². The second kappa shape index (κ2) is 7.60. The van der Waals surface area contributed by atoms with Crippen molar-refractivity contribution in [2.45, 2.75) is 59.3 Å². The monoisotopic (exact) mass is 404 g/mol. The average molecular weight is 404 g/mol. The van der Waals surface area contributed by atoms with Crippen LogP contribution in [0.4, 0.5) is 0 Å².